The number of nitrogens with two attached hydrogens (primary N) is 1. The van der Waals surface area contributed by atoms with E-state index in [-0.39, 0.29) is 17.5 Å². The summed E-state index contributed by atoms with van der Waals surface area (Å²) in [5, 5.41) is 0.155. The number of aromatic nitrogens is 2. The first kappa shape index (κ1) is 22.0. The van der Waals surface area contributed by atoms with Crippen molar-refractivity contribution >= 4 is 23.4 Å². The van der Waals surface area contributed by atoms with Crippen LogP contribution in [-0.4, -0.2) is 52.9 Å². The number of nitrogen functional groups attached to an aromatic ring is 1. The summed E-state index contributed by atoms with van der Waals surface area (Å²) in [6.07, 6.45) is 2.54. The summed E-state index contributed by atoms with van der Waals surface area (Å²) in [4.78, 5) is 22.0. The van der Waals surface area contributed by atoms with Crippen LogP contribution in [0.4, 0.5) is 10.5 Å². The molecule has 1 fully saturated rings. The Morgan fingerprint density at radius 1 is 1.27 bits per heavy atom. The molecule has 2 heterocycles. The Morgan fingerprint density at radius 2 is 1.97 bits per heavy atom. The number of hydrogen-bond acceptors (Lipinski definition) is 7. The maximum atomic E-state index is 12.2. The van der Waals surface area contributed by atoms with E-state index in [2.05, 4.69) is 9.97 Å². The van der Waals surface area contributed by atoms with E-state index in [1.54, 1.807) is 36.4 Å². The molecule has 1 aliphatic heterocycles. The number of hydrogen-bond donors (Lipinski definition) is 1. The molecule has 0 bridgehead atoms. The SMILES string of the molecule is COc1cc(-c2ccnc(Cl)n2)cc(N)c1OC1CCN(C(=O)OC(C)(C)C)CC1. The second-order valence-corrected chi connectivity index (χ2v) is 8.43. The number of methoxy groups -OCH3 is 1. The number of carbonyl (C=O) groups is 1. The number of anilines is 1. The van der Waals surface area contributed by atoms with Gasteiger partial charge in [0.05, 0.1) is 18.5 Å². The fourth-order valence-electron chi connectivity index (χ4n) is 3.19. The highest BCUT2D eigenvalue weighted by molar-refractivity contribution is 6.28. The van der Waals surface area contributed by atoms with E-state index < -0.39 is 5.60 Å². The number of ether oxygens (including phenoxy) is 3. The molecule has 0 atom stereocenters. The van der Waals surface area contributed by atoms with Crippen LogP contribution < -0.4 is 15.2 Å². The molecule has 3 rings (SSSR count). The minimum atomic E-state index is -0.512. The van der Waals surface area contributed by atoms with Crippen LogP contribution in [0.2, 0.25) is 5.28 Å². The lowest BCUT2D eigenvalue weighted by Crippen LogP contribution is -2.44. The smallest absolute Gasteiger partial charge is 0.410 e. The van der Waals surface area contributed by atoms with E-state index in [1.807, 2.05) is 20.8 Å². The summed E-state index contributed by atoms with van der Waals surface area (Å²) in [5.41, 5.74) is 7.58. The molecule has 0 aliphatic carbocycles. The minimum absolute atomic E-state index is 0.0840. The third-order valence-corrected chi connectivity index (χ3v) is 4.79. The fourth-order valence-corrected chi connectivity index (χ4v) is 3.34. The van der Waals surface area contributed by atoms with Gasteiger partial charge in [-0.3, -0.25) is 0 Å². The number of rotatable bonds is 4. The van der Waals surface area contributed by atoms with Crippen LogP contribution >= 0.6 is 11.6 Å². The normalized spacial score (nSPS) is 15.0. The molecular weight excluding hydrogens is 408 g/mol. The lowest BCUT2D eigenvalue weighted by molar-refractivity contribution is 0.0125. The van der Waals surface area contributed by atoms with Crippen LogP contribution in [0, 0.1) is 0 Å². The van der Waals surface area contributed by atoms with Gasteiger partial charge in [0.25, 0.3) is 0 Å². The maximum Gasteiger partial charge on any atom is 0.410 e. The second kappa shape index (κ2) is 8.95. The Morgan fingerprint density at radius 3 is 2.57 bits per heavy atom. The lowest BCUT2D eigenvalue weighted by Gasteiger charge is -2.33. The topological polar surface area (TPSA) is 99.8 Å². The number of amides is 1. The van der Waals surface area contributed by atoms with Crippen molar-refractivity contribution in [3.05, 3.63) is 29.7 Å². The Hall–Kier alpha value is -2.74. The monoisotopic (exact) mass is 434 g/mol. The molecule has 1 amide bonds. The molecule has 0 unspecified atom stereocenters. The molecule has 8 nitrogen and oxygen atoms in total. The third-order valence-electron chi connectivity index (χ3n) is 4.60. The van der Waals surface area contributed by atoms with Crippen LogP contribution in [0.15, 0.2) is 24.4 Å². The first-order chi connectivity index (χ1) is 14.2. The van der Waals surface area contributed by atoms with Gasteiger partial charge in [-0.2, -0.15) is 0 Å². The van der Waals surface area contributed by atoms with Gasteiger partial charge in [0.1, 0.15) is 11.7 Å². The molecule has 2 aromatic rings. The number of likely N-dealkylation sites (tertiary alicyclic amines) is 1. The molecule has 1 aromatic carbocycles. The molecule has 1 aromatic heterocycles. The molecule has 30 heavy (non-hydrogen) atoms. The van der Waals surface area contributed by atoms with Gasteiger partial charge >= 0.3 is 6.09 Å². The fraction of sp³-hybridized carbons (Fsp3) is 0.476. The van der Waals surface area contributed by atoms with Crippen LogP contribution in [-0.2, 0) is 4.74 Å². The van der Waals surface area contributed by atoms with Gasteiger partial charge in [-0.1, -0.05) is 0 Å². The van der Waals surface area contributed by atoms with Crippen LogP contribution in [0.25, 0.3) is 11.3 Å². The zero-order chi connectivity index (χ0) is 21.9. The van der Waals surface area contributed by atoms with Crippen molar-refractivity contribution in [3.63, 3.8) is 0 Å². The van der Waals surface area contributed by atoms with E-state index in [0.29, 0.717) is 48.8 Å². The molecule has 162 valence electrons. The van der Waals surface area contributed by atoms with Crippen molar-refractivity contribution < 1.29 is 19.0 Å². The summed E-state index contributed by atoms with van der Waals surface area (Å²) in [6, 6.07) is 5.32. The van der Waals surface area contributed by atoms with Crippen molar-refractivity contribution in [2.75, 3.05) is 25.9 Å². The Balaban J connectivity index is 1.69. The highest BCUT2D eigenvalue weighted by Crippen LogP contribution is 2.39. The Bertz CT molecular complexity index is 908. The Labute approximate surface area is 181 Å². The van der Waals surface area contributed by atoms with Gasteiger partial charge in [-0.15, -0.1) is 0 Å². The van der Waals surface area contributed by atoms with Crippen molar-refractivity contribution in [2.24, 2.45) is 0 Å². The molecule has 9 heteroatoms. The van der Waals surface area contributed by atoms with Crippen LogP contribution in [0.1, 0.15) is 33.6 Å². The largest absolute Gasteiger partial charge is 0.493 e. The number of benzene rings is 1. The summed E-state index contributed by atoms with van der Waals surface area (Å²) in [5.74, 6) is 0.992. The van der Waals surface area contributed by atoms with Crippen molar-refractivity contribution in [1.29, 1.82) is 0 Å². The van der Waals surface area contributed by atoms with Crippen molar-refractivity contribution in [3.8, 4) is 22.8 Å². The van der Waals surface area contributed by atoms with Gasteiger partial charge in [0.2, 0.25) is 5.28 Å². The summed E-state index contributed by atoms with van der Waals surface area (Å²) in [6.45, 7) is 6.68. The number of halogens is 1. The van der Waals surface area contributed by atoms with Crippen molar-refractivity contribution in [1.82, 2.24) is 14.9 Å². The molecule has 2 N–H and O–H groups in total. The molecule has 0 spiro atoms. The van der Waals surface area contributed by atoms with E-state index in [0.717, 1.165) is 5.56 Å². The number of nitrogens with zero attached hydrogens (tertiary/aromatic N) is 3. The average Bonchev–Trinajstić information content (AvgIpc) is 2.68. The van der Waals surface area contributed by atoms with Crippen LogP contribution in [0.5, 0.6) is 11.5 Å². The molecule has 1 saturated heterocycles. The molecule has 0 radical (unpaired) electrons. The first-order valence-electron chi connectivity index (χ1n) is 9.77. The highest BCUT2D eigenvalue weighted by atomic mass is 35.5. The predicted octanol–water partition coefficient (Wildman–Crippen LogP) is 4.17. The van der Waals surface area contributed by atoms with Gasteiger partial charge in [-0.25, -0.2) is 14.8 Å². The minimum Gasteiger partial charge on any atom is -0.493 e. The average molecular weight is 435 g/mol. The van der Waals surface area contributed by atoms with Crippen molar-refractivity contribution in [2.45, 2.75) is 45.3 Å². The molecule has 0 saturated carbocycles. The van der Waals surface area contributed by atoms with E-state index >= 15 is 0 Å². The third kappa shape index (κ3) is 5.44. The number of carbonyl (C=O) groups excluding carboxylic acids is 1. The molecular formula is C21H27ClN4O4. The second-order valence-electron chi connectivity index (χ2n) is 8.09. The van der Waals surface area contributed by atoms with Gasteiger partial charge in [0, 0.05) is 37.7 Å². The lowest BCUT2D eigenvalue weighted by atomic mass is 10.1. The summed E-state index contributed by atoms with van der Waals surface area (Å²) >= 11 is 5.89. The van der Waals surface area contributed by atoms with Gasteiger partial charge in [-0.05, 0) is 50.6 Å². The standard InChI is InChI=1S/C21H27ClN4O4/c1-21(2,3)30-20(27)26-9-6-14(7-10-26)29-18-15(23)11-13(12-17(18)28-4)16-5-8-24-19(22)25-16/h5,8,11-12,14H,6-7,9-10,23H2,1-4H3. The van der Waals surface area contributed by atoms with Crippen LogP contribution in [0.3, 0.4) is 0 Å². The van der Waals surface area contributed by atoms with Gasteiger partial charge in [0.15, 0.2) is 11.5 Å². The van der Waals surface area contributed by atoms with E-state index in [4.69, 9.17) is 31.5 Å². The zero-order valence-electron chi connectivity index (χ0n) is 17.6. The van der Waals surface area contributed by atoms with E-state index in [9.17, 15) is 4.79 Å². The summed E-state index contributed by atoms with van der Waals surface area (Å²) in [7, 11) is 1.56. The molecule has 1 aliphatic rings. The first-order valence-corrected chi connectivity index (χ1v) is 10.1. The van der Waals surface area contributed by atoms with E-state index in [1.165, 1.54) is 0 Å². The predicted molar refractivity (Wildman–Crippen MR) is 115 cm³/mol. The number of piperidine rings is 1. The van der Waals surface area contributed by atoms with Gasteiger partial charge < -0.3 is 24.8 Å². The summed E-state index contributed by atoms with van der Waals surface area (Å²) < 4.78 is 17.1. The highest BCUT2D eigenvalue weighted by Gasteiger charge is 2.28. The zero-order valence-corrected chi connectivity index (χ0v) is 18.4. The maximum absolute atomic E-state index is 12.2. The Kier molecular flexibility index (Phi) is 6.55. The quantitative estimate of drug-likeness (QED) is 0.569.